The number of aliphatic hydroxyl groups excluding tert-OH is 1. The van der Waals surface area contributed by atoms with Crippen LogP contribution in [-0.2, 0) is 7.05 Å². The zero-order valence-electron chi connectivity index (χ0n) is 9.10. The largest absolute Gasteiger partial charge is 0.393 e. The van der Waals surface area contributed by atoms with Gasteiger partial charge >= 0.3 is 0 Å². The molecule has 5 nitrogen and oxygen atoms in total. The number of hydrogen-bond donors (Lipinski definition) is 2. The number of imidazole rings is 1. The lowest BCUT2D eigenvalue weighted by atomic mass is 10.2. The van der Waals surface area contributed by atoms with Crippen molar-refractivity contribution in [1.29, 1.82) is 0 Å². The SMILES string of the molecule is CCC(O)CCNC(=O)c1cn(C)cn1. The van der Waals surface area contributed by atoms with Gasteiger partial charge in [0.1, 0.15) is 5.69 Å². The number of carbonyl (C=O) groups is 1. The number of carbonyl (C=O) groups excluding carboxylic acids is 1. The number of hydrogen-bond acceptors (Lipinski definition) is 3. The zero-order valence-corrected chi connectivity index (χ0v) is 9.10. The molecule has 2 N–H and O–H groups in total. The van der Waals surface area contributed by atoms with E-state index < -0.39 is 0 Å². The van der Waals surface area contributed by atoms with Crippen LogP contribution in [0.15, 0.2) is 12.5 Å². The van der Waals surface area contributed by atoms with Crippen molar-refractivity contribution >= 4 is 5.91 Å². The van der Waals surface area contributed by atoms with E-state index >= 15 is 0 Å². The third-order valence-electron chi connectivity index (χ3n) is 2.17. The highest BCUT2D eigenvalue weighted by atomic mass is 16.3. The summed E-state index contributed by atoms with van der Waals surface area (Å²) in [6, 6.07) is 0. The van der Waals surface area contributed by atoms with E-state index in [0.717, 1.165) is 0 Å². The van der Waals surface area contributed by atoms with E-state index in [1.54, 1.807) is 17.1 Å². The van der Waals surface area contributed by atoms with E-state index in [1.165, 1.54) is 0 Å². The minimum absolute atomic E-state index is 0.195. The molecule has 0 saturated carbocycles. The van der Waals surface area contributed by atoms with Crippen molar-refractivity contribution in [2.24, 2.45) is 7.05 Å². The van der Waals surface area contributed by atoms with E-state index in [-0.39, 0.29) is 12.0 Å². The first-order chi connectivity index (χ1) is 7.13. The number of nitrogens with one attached hydrogen (secondary N) is 1. The van der Waals surface area contributed by atoms with Crippen molar-refractivity contribution in [2.45, 2.75) is 25.9 Å². The predicted molar refractivity (Wildman–Crippen MR) is 56.5 cm³/mol. The Morgan fingerprint density at radius 3 is 3.00 bits per heavy atom. The van der Waals surface area contributed by atoms with Crippen molar-refractivity contribution in [2.75, 3.05) is 6.54 Å². The van der Waals surface area contributed by atoms with E-state index in [0.29, 0.717) is 25.1 Å². The molecule has 0 bridgehead atoms. The van der Waals surface area contributed by atoms with Crippen LogP contribution >= 0.6 is 0 Å². The lowest BCUT2D eigenvalue weighted by Crippen LogP contribution is -2.27. The molecule has 0 aliphatic heterocycles. The number of nitrogens with zero attached hydrogens (tertiary/aromatic N) is 2. The van der Waals surface area contributed by atoms with Gasteiger partial charge in [-0.2, -0.15) is 0 Å². The Morgan fingerprint density at radius 1 is 1.73 bits per heavy atom. The average molecular weight is 211 g/mol. The van der Waals surface area contributed by atoms with Gasteiger partial charge in [0.25, 0.3) is 5.91 Å². The molecule has 1 aromatic heterocycles. The van der Waals surface area contributed by atoms with Gasteiger partial charge in [0.15, 0.2) is 0 Å². The monoisotopic (exact) mass is 211 g/mol. The van der Waals surface area contributed by atoms with Gasteiger partial charge in [0, 0.05) is 19.8 Å². The molecule has 1 atom stereocenters. The molecule has 1 rings (SSSR count). The standard InChI is InChI=1S/C10H17N3O2/c1-3-8(14)4-5-11-10(15)9-6-13(2)7-12-9/h6-8,14H,3-5H2,1-2H3,(H,11,15). The van der Waals surface area contributed by atoms with Gasteiger partial charge < -0.3 is 15.0 Å². The molecule has 0 fully saturated rings. The summed E-state index contributed by atoms with van der Waals surface area (Å²) >= 11 is 0. The van der Waals surface area contributed by atoms with Crippen LogP contribution in [0, 0.1) is 0 Å². The molecular weight excluding hydrogens is 194 g/mol. The van der Waals surface area contributed by atoms with E-state index in [2.05, 4.69) is 10.3 Å². The van der Waals surface area contributed by atoms with Gasteiger partial charge in [-0.1, -0.05) is 6.92 Å². The maximum atomic E-state index is 11.5. The first kappa shape index (κ1) is 11.7. The highest BCUT2D eigenvalue weighted by molar-refractivity contribution is 5.91. The second-order valence-electron chi connectivity index (χ2n) is 3.53. The number of aliphatic hydroxyl groups is 1. The van der Waals surface area contributed by atoms with Crippen LogP contribution in [0.5, 0.6) is 0 Å². The van der Waals surface area contributed by atoms with Crippen molar-refractivity contribution in [3.63, 3.8) is 0 Å². The second-order valence-corrected chi connectivity index (χ2v) is 3.53. The second kappa shape index (κ2) is 5.50. The maximum Gasteiger partial charge on any atom is 0.271 e. The first-order valence-corrected chi connectivity index (χ1v) is 5.07. The molecule has 1 aromatic rings. The van der Waals surface area contributed by atoms with Gasteiger partial charge in [-0.15, -0.1) is 0 Å². The Kier molecular flexibility index (Phi) is 4.30. The summed E-state index contributed by atoms with van der Waals surface area (Å²) < 4.78 is 1.72. The Hall–Kier alpha value is -1.36. The number of aromatic nitrogens is 2. The molecule has 84 valence electrons. The normalized spacial score (nSPS) is 12.5. The Labute approximate surface area is 89.1 Å². The first-order valence-electron chi connectivity index (χ1n) is 5.07. The fourth-order valence-electron chi connectivity index (χ4n) is 1.18. The maximum absolute atomic E-state index is 11.5. The highest BCUT2D eigenvalue weighted by Crippen LogP contribution is 1.96. The zero-order chi connectivity index (χ0) is 11.3. The molecule has 1 heterocycles. The Bertz CT molecular complexity index is 322. The molecule has 0 spiro atoms. The summed E-state index contributed by atoms with van der Waals surface area (Å²) in [7, 11) is 1.81. The number of rotatable bonds is 5. The fourth-order valence-corrected chi connectivity index (χ4v) is 1.18. The van der Waals surface area contributed by atoms with Crippen molar-refractivity contribution < 1.29 is 9.90 Å². The summed E-state index contributed by atoms with van der Waals surface area (Å²) in [6.07, 6.45) is 4.18. The van der Waals surface area contributed by atoms with Gasteiger partial charge in [-0.3, -0.25) is 4.79 Å². The minimum atomic E-state index is -0.339. The average Bonchev–Trinajstić information content (AvgIpc) is 2.64. The van der Waals surface area contributed by atoms with Crippen molar-refractivity contribution in [1.82, 2.24) is 14.9 Å². The van der Waals surface area contributed by atoms with Crippen LogP contribution in [0.4, 0.5) is 0 Å². The van der Waals surface area contributed by atoms with Gasteiger partial charge in [-0.05, 0) is 12.8 Å². The van der Waals surface area contributed by atoms with Gasteiger partial charge in [0.2, 0.25) is 0 Å². The highest BCUT2D eigenvalue weighted by Gasteiger charge is 2.08. The smallest absolute Gasteiger partial charge is 0.271 e. The molecule has 0 aliphatic carbocycles. The quantitative estimate of drug-likeness (QED) is 0.736. The van der Waals surface area contributed by atoms with E-state index in [9.17, 15) is 9.90 Å². The Morgan fingerprint density at radius 2 is 2.47 bits per heavy atom. The molecule has 0 saturated heterocycles. The van der Waals surface area contributed by atoms with Crippen molar-refractivity contribution in [3.8, 4) is 0 Å². The Balaban J connectivity index is 2.31. The molecule has 1 amide bonds. The lowest BCUT2D eigenvalue weighted by molar-refractivity contribution is 0.0937. The van der Waals surface area contributed by atoms with Crippen LogP contribution in [0.1, 0.15) is 30.3 Å². The number of aryl methyl sites for hydroxylation is 1. The third-order valence-corrected chi connectivity index (χ3v) is 2.17. The third kappa shape index (κ3) is 3.71. The van der Waals surface area contributed by atoms with Gasteiger partial charge in [-0.25, -0.2) is 4.98 Å². The topological polar surface area (TPSA) is 67.2 Å². The van der Waals surface area contributed by atoms with Crippen LogP contribution in [0.2, 0.25) is 0 Å². The summed E-state index contributed by atoms with van der Waals surface area (Å²) in [6.45, 7) is 2.38. The fraction of sp³-hybridized carbons (Fsp3) is 0.600. The van der Waals surface area contributed by atoms with Crippen molar-refractivity contribution in [3.05, 3.63) is 18.2 Å². The molecule has 0 aromatic carbocycles. The molecule has 5 heteroatoms. The molecule has 0 aliphatic rings. The molecule has 1 unspecified atom stereocenters. The van der Waals surface area contributed by atoms with Crippen LogP contribution in [0.25, 0.3) is 0 Å². The minimum Gasteiger partial charge on any atom is -0.393 e. The molecule has 0 radical (unpaired) electrons. The molecular formula is C10H17N3O2. The summed E-state index contributed by atoms with van der Waals surface area (Å²) in [4.78, 5) is 15.4. The number of amides is 1. The van der Waals surface area contributed by atoms with Crippen LogP contribution < -0.4 is 5.32 Å². The van der Waals surface area contributed by atoms with Crippen LogP contribution in [-0.4, -0.2) is 33.2 Å². The lowest BCUT2D eigenvalue weighted by Gasteiger charge is -2.07. The summed E-state index contributed by atoms with van der Waals surface area (Å²) in [5, 5.41) is 12.0. The van der Waals surface area contributed by atoms with E-state index in [4.69, 9.17) is 0 Å². The van der Waals surface area contributed by atoms with E-state index in [1.807, 2.05) is 14.0 Å². The molecule has 15 heavy (non-hydrogen) atoms. The summed E-state index contributed by atoms with van der Waals surface area (Å²) in [5.41, 5.74) is 0.406. The van der Waals surface area contributed by atoms with Crippen LogP contribution in [0.3, 0.4) is 0 Å². The van der Waals surface area contributed by atoms with Gasteiger partial charge in [0.05, 0.1) is 12.4 Å². The predicted octanol–water partition coefficient (Wildman–Crippen LogP) is 0.311. The summed E-state index contributed by atoms with van der Waals surface area (Å²) in [5.74, 6) is -0.195.